The Morgan fingerprint density at radius 2 is 1.92 bits per heavy atom. The van der Waals surface area contributed by atoms with Crippen LogP contribution in [0.1, 0.15) is 26.3 Å². The molecule has 25 heavy (non-hydrogen) atoms. The quantitative estimate of drug-likeness (QED) is 0.420. The number of benzene rings is 1. The summed E-state index contributed by atoms with van der Waals surface area (Å²) in [7, 11) is -0.456. The smallest absolute Gasteiger partial charge is 0.418 e. The second kappa shape index (κ2) is 9.89. The van der Waals surface area contributed by atoms with Crippen molar-refractivity contribution in [1.29, 1.82) is 0 Å². The Bertz CT molecular complexity index is 569. The zero-order valence-corrected chi connectivity index (χ0v) is 16.1. The molecule has 0 fully saturated rings. The minimum Gasteiger partial charge on any atom is -0.493 e. The zero-order chi connectivity index (χ0) is 19.0. The summed E-state index contributed by atoms with van der Waals surface area (Å²) in [5.41, 5.74) is 0.639. The maximum Gasteiger partial charge on any atom is 0.418 e. The van der Waals surface area contributed by atoms with Crippen LogP contribution in [0.15, 0.2) is 18.2 Å². The Morgan fingerprint density at radius 1 is 1.24 bits per heavy atom. The lowest BCUT2D eigenvalue weighted by Gasteiger charge is -2.23. The van der Waals surface area contributed by atoms with E-state index in [1.807, 2.05) is 0 Å². The first kappa shape index (κ1) is 21.6. The van der Waals surface area contributed by atoms with Gasteiger partial charge in [-0.3, -0.25) is 9.32 Å². The van der Waals surface area contributed by atoms with E-state index in [1.54, 1.807) is 39.0 Å². The number of aliphatic hydroxyl groups excluding tert-OH is 1. The molecule has 0 heterocycles. The van der Waals surface area contributed by atoms with Crippen LogP contribution in [-0.2, 0) is 20.9 Å². The lowest BCUT2D eigenvalue weighted by molar-refractivity contribution is -0.149. The van der Waals surface area contributed by atoms with E-state index >= 15 is 0 Å². The van der Waals surface area contributed by atoms with Gasteiger partial charge in [0.15, 0.2) is 5.75 Å². The molecule has 1 unspecified atom stereocenters. The summed E-state index contributed by atoms with van der Waals surface area (Å²) in [6, 6.07) is 4.02. The molecule has 0 aliphatic heterocycles. The fourth-order valence-corrected chi connectivity index (χ4v) is 3.72. The minimum atomic E-state index is -3.32. The third-order valence-electron chi connectivity index (χ3n) is 3.06. The van der Waals surface area contributed by atoms with Crippen LogP contribution in [0.4, 0.5) is 0 Å². The average molecular weight is 376 g/mol. The molecule has 0 amide bonds. The molecule has 1 rings (SSSR count). The monoisotopic (exact) mass is 376 g/mol. The van der Waals surface area contributed by atoms with Gasteiger partial charge in [0.25, 0.3) is 0 Å². The van der Waals surface area contributed by atoms with Crippen molar-refractivity contribution in [3.63, 3.8) is 0 Å². The normalized spacial score (nSPS) is 14.7. The Kier molecular flexibility index (Phi) is 8.55. The first-order valence-electron chi connectivity index (χ1n) is 7.80. The van der Waals surface area contributed by atoms with E-state index in [0.717, 1.165) is 0 Å². The number of esters is 1. The van der Waals surface area contributed by atoms with Gasteiger partial charge in [-0.05, 0) is 38.5 Å². The van der Waals surface area contributed by atoms with Crippen LogP contribution < -0.4 is 14.3 Å². The fourth-order valence-electron chi connectivity index (χ4n) is 2.00. The van der Waals surface area contributed by atoms with E-state index in [2.05, 4.69) is 5.09 Å². The number of rotatable bonds is 10. The molecule has 0 bridgehead atoms. The van der Waals surface area contributed by atoms with Crippen LogP contribution in [0, 0.1) is 0 Å². The predicted octanol–water partition coefficient (Wildman–Crippen LogP) is 1.85. The summed E-state index contributed by atoms with van der Waals surface area (Å²) in [6.45, 7) is 4.90. The van der Waals surface area contributed by atoms with Gasteiger partial charge >= 0.3 is 13.8 Å². The molecular formula is C16H27NO7P+. The number of hydrogen-bond donors (Lipinski definition) is 3. The van der Waals surface area contributed by atoms with Crippen molar-refractivity contribution in [3.05, 3.63) is 23.8 Å². The number of nitrogens with one attached hydrogen (secondary N) is 1. The molecule has 8 nitrogen and oxygen atoms in total. The Balaban J connectivity index is 2.96. The van der Waals surface area contributed by atoms with Gasteiger partial charge in [-0.1, -0.05) is 6.07 Å². The number of aliphatic hydroxyl groups is 1. The third-order valence-corrected chi connectivity index (χ3v) is 4.96. The minimum absolute atomic E-state index is 0.142. The van der Waals surface area contributed by atoms with Crippen LogP contribution in [0.2, 0.25) is 0 Å². The fraction of sp³-hybridized carbons (Fsp3) is 0.562. The maximum absolute atomic E-state index is 12.0. The molecule has 142 valence electrons. The summed E-state index contributed by atoms with van der Waals surface area (Å²) >= 11 is 0. The predicted molar refractivity (Wildman–Crippen MR) is 94.4 cm³/mol. The van der Waals surface area contributed by atoms with E-state index in [0.29, 0.717) is 11.3 Å². The number of carbonyl (C=O) groups excluding carboxylic acids is 1. The highest BCUT2D eigenvalue weighted by Gasteiger charge is 2.44. The SMILES string of the molecule is COC[P+](O)(N[C@@H](C)C(=O)OC(C)C)Oc1ccc(CO)cc1OC. The van der Waals surface area contributed by atoms with Gasteiger partial charge in [0, 0.05) is 7.11 Å². The van der Waals surface area contributed by atoms with Crippen molar-refractivity contribution in [2.45, 2.75) is 39.5 Å². The van der Waals surface area contributed by atoms with Gasteiger partial charge < -0.3 is 19.3 Å². The van der Waals surface area contributed by atoms with Gasteiger partial charge in [0.2, 0.25) is 12.1 Å². The Labute approximate surface area is 148 Å². The molecule has 0 aromatic heterocycles. The van der Waals surface area contributed by atoms with Crippen LogP contribution in [0.5, 0.6) is 11.5 Å². The molecule has 0 aliphatic carbocycles. The summed E-state index contributed by atoms with van der Waals surface area (Å²) in [6.07, 6.45) is -0.408. The second-order valence-electron chi connectivity index (χ2n) is 5.69. The Morgan fingerprint density at radius 3 is 2.44 bits per heavy atom. The van der Waals surface area contributed by atoms with Crippen molar-refractivity contribution in [1.82, 2.24) is 5.09 Å². The summed E-state index contributed by atoms with van der Waals surface area (Å²) < 4.78 is 21.1. The van der Waals surface area contributed by atoms with Crippen LogP contribution in [-0.4, -0.2) is 48.7 Å². The molecule has 1 aromatic rings. The standard InChI is InChI=1S/C16H27NO7P/c1-11(2)23-16(19)12(3)17-25(20,10-21-4)24-14-7-6-13(9-18)8-15(14)22-5/h6-8,11-12,17-18,20H,9-10H2,1-5H3/q+1/t12-,25?/m0/s1. The number of methoxy groups -OCH3 is 2. The second-order valence-corrected chi connectivity index (χ2v) is 7.79. The molecule has 0 saturated heterocycles. The first-order chi connectivity index (χ1) is 11.7. The maximum atomic E-state index is 12.0. The van der Waals surface area contributed by atoms with E-state index in [9.17, 15) is 14.8 Å². The summed E-state index contributed by atoms with van der Waals surface area (Å²) in [5.74, 6) is 0.112. The van der Waals surface area contributed by atoms with E-state index in [-0.39, 0.29) is 24.8 Å². The molecule has 1 aromatic carbocycles. The van der Waals surface area contributed by atoms with Gasteiger partial charge in [0.05, 0.1) is 19.8 Å². The number of ether oxygens (including phenoxy) is 3. The largest absolute Gasteiger partial charge is 0.493 e. The van der Waals surface area contributed by atoms with E-state index < -0.39 is 19.9 Å². The molecule has 2 atom stereocenters. The van der Waals surface area contributed by atoms with E-state index in [4.69, 9.17) is 18.7 Å². The summed E-state index contributed by atoms with van der Waals surface area (Å²) in [4.78, 5) is 22.8. The first-order valence-corrected chi connectivity index (χ1v) is 9.64. The van der Waals surface area contributed by atoms with Gasteiger partial charge in [-0.25, -0.2) is 0 Å². The Hall–Kier alpha value is -1.44. The highest BCUT2D eigenvalue weighted by atomic mass is 31.2. The van der Waals surface area contributed by atoms with Gasteiger partial charge in [0.1, 0.15) is 6.04 Å². The molecular weight excluding hydrogens is 349 g/mol. The summed E-state index contributed by atoms with van der Waals surface area (Å²) in [5, 5.41) is 12.0. The topological polar surface area (TPSA) is 106 Å². The molecule has 9 heteroatoms. The third kappa shape index (κ3) is 6.76. The molecule has 0 aliphatic rings. The molecule has 0 saturated carbocycles. The van der Waals surface area contributed by atoms with Crippen LogP contribution in [0.25, 0.3) is 0 Å². The van der Waals surface area contributed by atoms with Gasteiger partial charge in [-0.2, -0.15) is 4.89 Å². The molecule has 0 radical (unpaired) electrons. The van der Waals surface area contributed by atoms with Crippen molar-refractivity contribution in [2.24, 2.45) is 0 Å². The lowest BCUT2D eigenvalue weighted by Crippen LogP contribution is -2.38. The highest BCUT2D eigenvalue weighted by Crippen LogP contribution is 2.53. The van der Waals surface area contributed by atoms with E-state index in [1.165, 1.54) is 14.2 Å². The molecule has 3 N–H and O–H groups in total. The van der Waals surface area contributed by atoms with Crippen molar-refractivity contribution in [3.8, 4) is 11.5 Å². The van der Waals surface area contributed by atoms with Gasteiger partial charge in [-0.15, -0.1) is 5.09 Å². The van der Waals surface area contributed by atoms with Crippen molar-refractivity contribution in [2.75, 3.05) is 20.6 Å². The van der Waals surface area contributed by atoms with Crippen molar-refractivity contribution >= 4 is 13.8 Å². The number of hydrogen-bond acceptors (Lipinski definition) is 8. The average Bonchev–Trinajstić information content (AvgIpc) is 2.54. The van der Waals surface area contributed by atoms with Crippen LogP contribution in [0.3, 0.4) is 0 Å². The highest BCUT2D eigenvalue weighted by molar-refractivity contribution is 7.63. The number of carbonyl (C=O) groups is 1. The zero-order valence-electron chi connectivity index (χ0n) is 15.2. The van der Waals surface area contributed by atoms with Crippen LogP contribution >= 0.6 is 7.87 Å². The lowest BCUT2D eigenvalue weighted by atomic mass is 10.2. The molecule has 0 spiro atoms. The van der Waals surface area contributed by atoms with Crippen molar-refractivity contribution < 1.29 is 33.5 Å².